The van der Waals surface area contributed by atoms with Crippen LogP contribution in [0, 0.1) is 0 Å². The molecule has 0 aliphatic rings. The van der Waals surface area contributed by atoms with Crippen molar-refractivity contribution < 1.29 is 0 Å². The van der Waals surface area contributed by atoms with Crippen molar-refractivity contribution in [2.24, 2.45) is 0 Å². The Morgan fingerprint density at radius 2 is 1.83 bits per heavy atom. The smallest absolute Gasteiger partial charge is 0.138 e. The van der Waals surface area contributed by atoms with Crippen LogP contribution in [0.2, 0.25) is 10.0 Å². The number of nitrogens with one attached hydrogen (secondary N) is 1. The lowest BCUT2D eigenvalue weighted by molar-refractivity contribution is 1.31. The first kappa shape index (κ1) is 14.2. The summed E-state index contributed by atoms with van der Waals surface area (Å²) >= 11 is 12.4. The molecule has 4 rings (SSSR count). The fraction of sp³-hybridized carbons (Fsp3) is 0. The van der Waals surface area contributed by atoms with Crippen molar-refractivity contribution in [2.75, 3.05) is 0 Å². The number of aromatic nitrogens is 3. The van der Waals surface area contributed by atoms with Crippen molar-refractivity contribution in [3.63, 3.8) is 0 Å². The maximum atomic E-state index is 6.43. The molecule has 4 aromatic rings. The number of nitrogens with zero attached hydrogens (tertiary/aromatic N) is 2. The van der Waals surface area contributed by atoms with E-state index in [1.54, 1.807) is 6.20 Å². The Morgan fingerprint density at radius 1 is 0.913 bits per heavy atom. The number of hydrogen-bond donors (Lipinski definition) is 1. The van der Waals surface area contributed by atoms with Crippen LogP contribution in [0.3, 0.4) is 0 Å². The van der Waals surface area contributed by atoms with E-state index in [9.17, 15) is 0 Å². The van der Waals surface area contributed by atoms with Crippen molar-refractivity contribution in [1.82, 2.24) is 15.0 Å². The molecule has 0 amide bonds. The minimum absolute atomic E-state index is 0.639. The third-order valence-corrected chi connectivity index (χ3v) is 4.18. The number of halogens is 2. The van der Waals surface area contributed by atoms with Gasteiger partial charge in [0.1, 0.15) is 5.82 Å². The highest BCUT2D eigenvalue weighted by Crippen LogP contribution is 2.31. The molecule has 0 atom stereocenters. The second-order valence-electron chi connectivity index (χ2n) is 5.16. The summed E-state index contributed by atoms with van der Waals surface area (Å²) < 4.78 is 0. The molecule has 3 nitrogen and oxygen atoms in total. The van der Waals surface area contributed by atoms with Gasteiger partial charge in [-0.05, 0) is 36.4 Å². The van der Waals surface area contributed by atoms with Crippen LogP contribution in [-0.2, 0) is 0 Å². The fourth-order valence-corrected chi connectivity index (χ4v) is 2.96. The molecule has 112 valence electrons. The van der Waals surface area contributed by atoms with Crippen LogP contribution < -0.4 is 0 Å². The van der Waals surface area contributed by atoms with E-state index in [0.717, 1.165) is 33.7 Å². The lowest BCUT2D eigenvalue weighted by Crippen LogP contribution is -1.86. The van der Waals surface area contributed by atoms with Crippen LogP contribution in [-0.4, -0.2) is 15.0 Å². The number of aromatic amines is 1. The lowest BCUT2D eigenvalue weighted by atomic mass is 10.1. The first-order chi connectivity index (χ1) is 11.2. The van der Waals surface area contributed by atoms with E-state index >= 15 is 0 Å². The molecular formula is C18H11Cl2N3. The minimum atomic E-state index is 0.639. The summed E-state index contributed by atoms with van der Waals surface area (Å²) in [5.74, 6) is 0.761. The normalized spacial score (nSPS) is 11.0. The number of rotatable bonds is 2. The summed E-state index contributed by atoms with van der Waals surface area (Å²) in [5, 5.41) is 1.32. The number of hydrogen-bond acceptors (Lipinski definition) is 2. The monoisotopic (exact) mass is 339 g/mol. The zero-order valence-corrected chi connectivity index (χ0v) is 13.4. The summed E-state index contributed by atoms with van der Waals surface area (Å²) in [5.41, 5.74) is 4.43. The van der Waals surface area contributed by atoms with Gasteiger partial charge in [-0.15, -0.1) is 0 Å². The van der Waals surface area contributed by atoms with Crippen LogP contribution >= 0.6 is 23.2 Å². The van der Waals surface area contributed by atoms with Gasteiger partial charge in [-0.3, -0.25) is 4.98 Å². The van der Waals surface area contributed by atoms with E-state index in [2.05, 4.69) is 15.0 Å². The molecule has 23 heavy (non-hydrogen) atoms. The van der Waals surface area contributed by atoms with Gasteiger partial charge >= 0.3 is 0 Å². The van der Waals surface area contributed by atoms with Crippen LogP contribution in [0.15, 0.2) is 60.8 Å². The highest BCUT2D eigenvalue weighted by atomic mass is 35.5. The van der Waals surface area contributed by atoms with Crippen molar-refractivity contribution in [3.8, 4) is 22.6 Å². The van der Waals surface area contributed by atoms with Gasteiger partial charge in [-0.1, -0.05) is 41.4 Å². The van der Waals surface area contributed by atoms with Crippen LogP contribution in [0.1, 0.15) is 0 Å². The Bertz CT molecular complexity index is 994. The molecule has 2 aromatic heterocycles. The number of imidazole rings is 1. The van der Waals surface area contributed by atoms with E-state index in [4.69, 9.17) is 23.2 Å². The van der Waals surface area contributed by atoms with Crippen LogP contribution in [0.4, 0.5) is 0 Å². The van der Waals surface area contributed by atoms with Crippen LogP contribution in [0.5, 0.6) is 0 Å². The van der Waals surface area contributed by atoms with E-state index in [-0.39, 0.29) is 0 Å². The number of fused-ring (bicyclic) bond motifs is 1. The Hall–Kier alpha value is -2.36. The third kappa shape index (κ3) is 2.69. The van der Waals surface area contributed by atoms with Gasteiger partial charge in [-0.2, -0.15) is 0 Å². The van der Waals surface area contributed by atoms with Crippen molar-refractivity contribution in [3.05, 3.63) is 70.8 Å². The average molecular weight is 340 g/mol. The number of benzene rings is 2. The summed E-state index contributed by atoms with van der Waals surface area (Å²) in [6.45, 7) is 0. The predicted octanol–water partition coefficient (Wildman–Crippen LogP) is 5.60. The first-order valence-corrected chi connectivity index (χ1v) is 7.83. The molecule has 5 heteroatoms. The van der Waals surface area contributed by atoms with Gasteiger partial charge in [0.15, 0.2) is 0 Å². The molecule has 0 aliphatic carbocycles. The molecule has 2 aromatic carbocycles. The molecule has 0 radical (unpaired) electrons. The van der Waals surface area contributed by atoms with Gasteiger partial charge in [0.25, 0.3) is 0 Å². The lowest BCUT2D eigenvalue weighted by Gasteiger charge is -2.05. The summed E-state index contributed by atoms with van der Waals surface area (Å²) in [6.07, 6.45) is 1.75. The predicted molar refractivity (Wildman–Crippen MR) is 94.8 cm³/mol. The Morgan fingerprint density at radius 3 is 2.61 bits per heavy atom. The summed E-state index contributed by atoms with van der Waals surface area (Å²) in [4.78, 5) is 12.2. The van der Waals surface area contributed by atoms with Crippen LogP contribution in [0.25, 0.3) is 33.7 Å². The number of pyridine rings is 1. The SMILES string of the molecule is Clc1ccc2nc(-c3ccc(-c4ccccn4)c(Cl)c3)[nH]c2c1. The van der Waals surface area contributed by atoms with Gasteiger partial charge < -0.3 is 4.98 Å². The molecule has 0 bridgehead atoms. The van der Waals surface area contributed by atoms with Gasteiger partial charge in [-0.25, -0.2) is 4.98 Å². The summed E-state index contributed by atoms with van der Waals surface area (Å²) in [6, 6.07) is 17.2. The van der Waals surface area contributed by atoms with Crippen molar-refractivity contribution in [2.45, 2.75) is 0 Å². The highest BCUT2D eigenvalue weighted by Gasteiger charge is 2.10. The Kier molecular flexibility index (Phi) is 3.52. The first-order valence-electron chi connectivity index (χ1n) is 7.07. The van der Waals surface area contributed by atoms with E-state index in [1.165, 1.54) is 0 Å². The van der Waals surface area contributed by atoms with E-state index < -0.39 is 0 Å². The molecule has 0 unspecified atom stereocenters. The third-order valence-electron chi connectivity index (χ3n) is 3.63. The Balaban J connectivity index is 1.78. The largest absolute Gasteiger partial charge is 0.338 e. The quantitative estimate of drug-likeness (QED) is 0.516. The topological polar surface area (TPSA) is 41.6 Å². The second kappa shape index (κ2) is 5.69. The molecule has 0 fully saturated rings. The molecule has 0 aliphatic heterocycles. The highest BCUT2D eigenvalue weighted by molar-refractivity contribution is 6.33. The maximum Gasteiger partial charge on any atom is 0.138 e. The van der Waals surface area contributed by atoms with Gasteiger partial charge in [0.05, 0.1) is 21.7 Å². The standard InChI is InChI=1S/C18H11Cl2N3/c19-12-5-7-16-17(10-12)23-18(22-16)11-4-6-13(14(20)9-11)15-3-1-2-8-21-15/h1-10H,(H,22,23). The molecule has 2 heterocycles. The van der Waals surface area contributed by atoms with Gasteiger partial charge in [0, 0.05) is 22.3 Å². The van der Waals surface area contributed by atoms with Crippen molar-refractivity contribution >= 4 is 34.2 Å². The van der Waals surface area contributed by atoms with Crippen molar-refractivity contribution in [1.29, 1.82) is 0 Å². The molecular weight excluding hydrogens is 329 g/mol. The molecule has 1 N–H and O–H groups in total. The summed E-state index contributed by atoms with van der Waals surface area (Å²) in [7, 11) is 0. The van der Waals surface area contributed by atoms with E-state index in [1.807, 2.05) is 54.6 Å². The zero-order chi connectivity index (χ0) is 15.8. The zero-order valence-electron chi connectivity index (χ0n) is 11.9. The molecule has 0 spiro atoms. The van der Waals surface area contributed by atoms with E-state index in [0.29, 0.717) is 10.0 Å². The van der Waals surface area contributed by atoms with Gasteiger partial charge in [0.2, 0.25) is 0 Å². The fourth-order valence-electron chi connectivity index (χ4n) is 2.51. The average Bonchev–Trinajstić information content (AvgIpc) is 2.98. The second-order valence-corrected chi connectivity index (χ2v) is 6.00. The Labute approximate surface area is 142 Å². The molecule has 0 saturated carbocycles. The maximum absolute atomic E-state index is 6.43. The molecule has 0 saturated heterocycles. The number of H-pyrrole nitrogens is 1. The minimum Gasteiger partial charge on any atom is -0.338 e.